The fourth-order valence-electron chi connectivity index (χ4n) is 4.29. The minimum absolute atomic E-state index is 0.0917. The van der Waals surface area contributed by atoms with Gasteiger partial charge >= 0.3 is 5.97 Å². The predicted octanol–water partition coefficient (Wildman–Crippen LogP) is 7.57. The maximum Gasteiger partial charge on any atom is 0.341 e. The van der Waals surface area contributed by atoms with Crippen LogP contribution in [0.5, 0.6) is 5.75 Å². The first-order chi connectivity index (χ1) is 16.4. The highest BCUT2D eigenvalue weighted by molar-refractivity contribution is 5.90. The molecule has 0 aromatic heterocycles. The predicted molar refractivity (Wildman–Crippen MR) is 125 cm³/mol. The molecule has 1 aliphatic rings. The van der Waals surface area contributed by atoms with E-state index in [1.807, 2.05) is 0 Å². The topological polar surface area (TPSA) is 35.5 Å². The number of rotatable bonds is 6. The standard InChI is InChI=1S/C28H27F3O3/c1-3-33-25-15-14-22(26(30)27(25)31)19-8-6-18(7-9-19)20-10-13-23(24(29)16-20)28(32)34-21-11-4-17(2)5-12-21/h6-10,13-17,21H,3-5,11-12H2,1-2H3. The first-order valence-corrected chi connectivity index (χ1v) is 11.6. The molecule has 0 bridgehead atoms. The summed E-state index contributed by atoms with van der Waals surface area (Å²) in [5, 5.41) is 0. The van der Waals surface area contributed by atoms with Crippen molar-refractivity contribution in [2.45, 2.75) is 45.6 Å². The van der Waals surface area contributed by atoms with E-state index in [0.29, 0.717) is 22.6 Å². The molecule has 0 unspecified atom stereocenters. The molecular formula is C28H27F3O3. The van der Waals surface area contributed by atoms with Crippen molar-refractivity contribution in [3.63, 3.8) is 0 Å². The zero-order valence-corrected chi connectivity index (χ0v) is 19.2. The molecule has 34 heavy (non-hydrogen) atoms. The molecule has 0 atom stereocenters. The summed E-state index contributed by atoms with van der Waals surface area (Å²) in [4.78, 5) is 12.5. The van der Waals surface area contributed by atoms with Crippen LogP contribution in [0.15, 0.2) is 54.6 Å². The first kappa shape index (κ1) is 23.9. The Morgan fingerprint density at radius 1 is 0.853 bits per heavy atom. The third kappa shape index (κ3) is 5.11. The van der Waals surface area contributed by atoms with Crippen LogP contribution in [0, 0.1) is 23.4 Å². The number of halogens is 3. The number of hydrogen-bond donors (Lipinski definition) is 0. The fourth-order valence-corrected chi connectivity index (χ4v) is 4.29. The Kier molecular flexibility index (Phi) is 7.25. The molecule has 0 saturated heterocycles. The highest BCUT2D eigenvalue weighted by atomic mass is 19.2. The van der Waals surface area contributed by atoms with Crippen molar-refractivity contribution < 1.29 is 27.4 Å². The van der Waals surface area contributed by atoms with Crippen LogP contribution in [0.1, 0.15) is 49.9 Å². The number of carbonyl (C=O) groups excluding carboxylic acids is 1. The van der Waals surface area contributed by atoms with Gasteiger partial charge in [-0.2, -0.15) is 4.39 Å². The third-order valence-electron chi connectivity index (χ3n) is 6.30. The van der Waals surface area contributed by atoms with Gasteiger partial charge < -0.3 is 9.47 Å². The Hall–Kier alpha value is -3.28. The zero-order chi connectivity index (χ0) is 24.2. The molecule has 0 N–H and O–H groups in total. The van der Waals surface area contributed by atoms with Crippen LogP contribution in [-0.4, -0.2) is 18.7 Å². The van der Waals surface area contributed by atoms with Crippen molar-refractivity contribution in [1.82, 2.24) is 0 Å². The highest BCUT2D eigenvalue weighted by Crippen LogP contribution is 2.32. The normalized spacial score (nSPS) is 17.9. The smallest absolute Gasteiger partial charge is 0.341 e. The van der Waals surface area contributed by atoms with Gasteiger partial charge in [-0.15, -0.1) is 0 Å². The summed E-state index contributed by atoms with van der Waals surface area (Å²) in [5.74, 6) is -2.83. The molecule has 0 heterocycles. The SMILES string of the molecule is CCOc1ccc(-c2ccc(-c3ccc(C(=O)OC4CCC(C)CC4)c(F)c3)cc2)c(F)c1F. The fraction of sp³-hybridized carbons (Fsp3) is 0.321. The van der Waals surface area contributed by atoms with Gasteiger partial charge in [-0.25, -0.2) is 13.6 Å². The van der Waals surface area contributed by atoms with Crippen molar-refractivity contribution in [2.24, 2.45) is 5.92 Å². The van der Waals surface area contributed by atoms with E-state index >= 15 is 0 Å². The summed E-state index contributed by atoms with van der Waals surface area (Å²) < 4.78 is 54.1. The summed E-state index contributed by atoms with van der Waals surface area (Å²) in [5.41, 5.74) is 1.73. The van der Waals surface area contributed by atoms with Crippen LogP contribution in [-0.2, 0) is 4.74 Å². The van der Waals surface area contributed by atoms with E-state index in [0.717, 1.165) is 25.7 Å². The molecule has 4 rings (SSSR count). The van der Waals surface area contributed by atoms with Crippen molar-refractivity contribution in [1.29, 1.82) is 0 Å². The maximum atomic E-state index is 14.7. The third-order valence-corrected chi connectivity index (χ3v) is 6.30. The lowest BCUT2D eigenvalue weighted by molar-refractivity contribution is 0.0169. The highest BCUT2D eigenvalue weighted by Gasteiger charge is 2.24. The Bertz CT molecular complexity index is 1170. The second-order valence-corrected chi connectivity index (χ2v) is 8.73. The molecule has 3 nitrogen and oxygen atoms in total. The van der Waals surface area contributed by atoms with Gasteiger partial charge in [0.1, 0.15) is 11.9 Å². The van der Waals surface area contributed by atoms with E-state index in [2.05, 4.69) is 6.92 Å². The molecule has 1 saturated carbocycles. The quantitative estimate of drug-likeness (QED) is 0.350. The van der Waals surface area contributed by atoms with Crippen molar-refractivity contribution in [2.75, 3.05) is 6.61 Å². The van der Waals surface area contributed by atoms with Gasteiger partial charge in [0, 0.05) is 5.56 Å². The molecule has 3 aromatic rings. The molecule has 0 aliphatic heterocycles. The largest absolute Gasteiger partial charge is 0.491 e. The van der Waals surface area contributed by atoms with Gasteiger partial charge in [-0.3, -0.25) is 0 Å². The number of esters is 1. The molecule has 178 valence electrons. The molecule has 6 heteroatoms. The second-order valence-electron chi connectivity index (χ2n) is 8.73. The molecule has 0 radical (unpaired) electrons. The molecular weight excluding hydrogens is 441 g/mol. The number of carbonyl (C=O) groups is 1. The van der Waals surface area contributed by atoms with Crippen LogP contribution in [0.3, 0.4) is 0 Å². The number of hydrogen-bond acceptors (Lipinski definition) is 3. The second kappa shape index (κ2) is 10.3. The Morgan fingerprint density at radius 3 is 2.15 bits per heavy atom. The van der Waals surface area contributed by atoms with Crippen LogP contribution < -0.4 is 4.74 Å². The Balaban J connectivity index is 1.49. The van der Waals surface area contributed by atoms with E-state index in [9.17, 15) is 18.0 Å². The van der Waals surface area contributed by atoms with Crippen LogP contribution in [0.25, 0.3) is 22.3 Å². The average molecular weight is 469 g/mol. The van der Waals surface area contributed by atoms with Crippen molar-refractivity contribution in [3.8, 4) is 28.0 Å². The lowest BCUT2D eigenvalue weighted by atomic mass is 9.89. The summed E-state index contributed by atoms with van der Waals surface area (Å²) in [6.45, 7) is 4.10. The Labute approximate surface area is 197 Å². The minimum atomic E-state index is -1.03. The van der Waals surface area contributed by atoms with E-state index < -0.39 is 23.4 Å². The molecule has 0 amide bonds. The lowest BCUT2D eigenvalue weighted by Gasteiger charge is -2.26. The first-order valence-electron chi connectivity index (χ1n) is 11.6. The van der Waals surface area contributed by atoms with Crippen molar-refractivity contribution in [3.05, 3.63) is 77.6 Å². The van der Waals surface area contributed by atoms with Crippen molar-refractivity contribution >= 4 is 5.97 Å². The average Bonchev–Trinajstić information content (AvgIpc) is 2.84. The lowest BCUT2D eigenvalue weighted by Crippen LogP contribution is -2.24. The zero-order valence-electron chi connectivity index (χ0n) is 19.2. The van der Waals surface area contributed by atoms with E-state index in [-0.39, 0.29) is 29.6 Å². The maximum absolute atomic E-state index is 14.7. The van der Waals surface area contributed by atoms with E-state index in [4.69, 9.17) is 9.47 Å². The molecule has 0 spiro atoms. The van der Waals surface area contributed by atoms with Crippen LogP contribution in [0.2, 0.25) is 0 Å². The number of benzene rings is 3. The minimum Gasteiger partial charge on any atom is -0.491 e. The number of ether oxygens (including phenoxy) is 2. The molecule has 1 aliphatic carbocycles. The molecule has 3 aromatic carbocycles. The summed E-state index contributed by atoms with van der Waals surface area (Å²) in [7, 11) is 0. The summed E-state index contributed by atoms with van der Waals surface area (Å²) in [6.07, 6.45) is 3.45. The molecule has 1 fully saturated rings. The summed E-state index contributed by atoms with van der Waals surface area (Å²) >= 11 is 0. The van der Waals surface area contributed by atoms with Gasteiger partial charge in [-0.1, -0.05) is 37.3 Å². The van der Waals surface area contributed by atoms with E-state index in [1.54, 1.807) is 37.3 Å². The monoisotopic (exact) mass is 468 g/mol. The van der Waals surface area contributed by atoms with Crippen LogP contribution in [0.4, 0.5) is 13.2 Å². The van der Waals surface area contributed by atoms with E-state index in [1.165, 1.54) is 24.3 Å². The van der Waals surface area contributed by atoms with Gasteiger partial charge in [0.2, 0.25) is 5.82 Å². The van der Waals surface area contributed by atoms with Crippen LogP contribution >= 0.6 is 0 Å². The van der Waals surface area contributed by atoms with Gasteiger partial charge in [0.15, 0.2) is 11.6 Å². The van der Waals surface area contributed by atoms with Gasteiger partial charge in [0.25, 0.3) is 0 Å². The Morgan fingerprint density at radius 2 is 1.50 bits per heavy atom. The summed E-state index contributed by atoms with van der Waals surface area (Å²) in [6, 6.07) is 13.9. The van der Waals surface area contributed by atoms with Gasteiger partial charge in [-0.05, 0) is 79.5 Å². The van der Waals surface area contributed by atoms with Gasteiger partial charge in [0.05, 0.1) is 12.2 Å².